The Bertz CT molecular complexity index is 375. The van der Waals surface area contributed by atoms with Gasteiger partial charge < -0.3 is 20.1 Å². The minimum atomic E-state index is -0.488. The zero-order chi connectivity index (χ0) is 14.0. The summed E-state index contributed by atoms with van der Waals surface area (Å²) in [6, 6.07) is -0.182. The topological polar surface area (TPSA) is 74.2 Å². The third kappa shape index (κ3) is 3.40. The number of rotatable bonds is 3. The van der Waals surface area contributed by atoms with Crippen molar-refractivity contribution < 1.29 is 14.6 Å². The molecule has 1 fully saturated rings. The maximum Gasteiger partial charge on any atom is 0.219 e. The van der Waals surface area contributed by atoms with Gasteiger partial charge in [0.2, 0.25) is 5.91 Å². The van der Waals surface area contributed by atoms with Crippen molar-refractivity contribution in [2.24, 2.45) is 4.99 Å². The maximum atomic E-state index is 11.2. The molecular formula is C12H21N3O3S. The van der Waals surface area contributed by atoms with Gasteiger partial charge in [0.15, 0.2) is 5.17 Å². The molecule has 6 nitrogen and oxygen atoms in total. The Morgan fingerprint density at radius 3 is 3.00 bits per heavy atom. The lowest BCUT2D eigenvalue weighted by molar-refractivity contribution is -0.122. The Balaban J connectivity index is 1.90. The normalized spacial score (nSPS) is 33.6. The summed E-state index contributed by atoms with van der Waals surface area (Å²) in [7, 11) is 5.48. The van der Waals surface area contributed by atoms with E-state index in [1.807, 2.05) is 19.0 Å². The number of ether oxygens (including phenoxy) is 1. The first-order chi connectivity index (χ1) is 9.01. The minimum absolute atomic E-state index is 0.00418. The summed E-state index contributed by atoms with van der Waals surface area (Å²) in [4.78, 5) is 17.7. The second-order valence-electron chi connectivity index (χ2n) is 5.06. The summed E-state index contributed by atoms with van der Waals surface area (Å²) in [5.74, 6) is 0.00418. The van der Waals surface area contributed by atoms with E-state index in [2.05, 4.69) is 10.3 Å². The van der Waals surface area contributed by atoms with Crippen molar-refractivity contribution in [3.05, 3.63) is 0 Å². The molecule has 0 aromatic heterocycles. The number of aliphatic hydroxyl groups excluding tert-OH is 1. The van der Waals surface area contributed by atoms with Crippen LogP contribution in [0.3, 0.4) is 0 Å². The summed E-state index contributed by atoms with van der Waals surface area (Å²) in [5, 5.41) is 13.6. The number of hydrogen-bond donors (Lipinski definition) is 2. The van der Waals surface area contributed by atoms with Gasteiger partial charge in [0.25, 0.3) is 0 Å². The zero-order valence-corrected chi connectivity index (χ0v) is 12.3. The van der Waals surface area contributed by atoms with E-state index >= 15 is 0 Å². The van der Waals surface area contributed by atoms with Crippen LogP contribution in [0.5, 0.6) is 0 Å². The van der Waals surface area contributed by atoms with Crippen LogP contribution < -0.4 is 5.32 Å². The van der Waals surface area contributed by atoms with Crippen molar-refractivity contribution >= 4 is 22.8 Å². The molecule has 0 spiro atoms. The highest BCUT2D eigenvalue weighted by molar-refractivity contribution is 8.14. The van der Waals surface area contributed by atoms with E-state index in [-0.39, 0.29) is 23.5 Å². The fourth-order valence-corrected chi connectivity index (χ4v) is 3.44. The first kappa shape index (κ1) is 14.6. The van der Waals surface area contributed by atoms with E-state index in [1.165, 1.54) is 0 Å². The smallest absolute Gasteiger partial charge is 0.219 e. The van der Waals surface area contributed by atoms with Gasteiger partial charge in [-0.3, -0.25) is 9.79 Å². The van der Waals surface area contributed by atoms with Crippen molar-refractivity contribution in [3.63, 3.8) is 0 Å². The largest absolute Gasteiger partial charge is 0.391 e. The Morgan fingerprint density at radius 1 is 1.63 bits per heavy atom. The van der Waals surface area contributed by atoms with Crippen LogP contribution in [0.1, 0.15) is 19.3 Å². The number of fused-ring (bicyclic) bond motifs is 1. The summed E-state index contributed by atoms with van der Waals surface area (Å²) < 4.78 is 5.94. The van der Waals surface area contributed by atoms with Crippen LogP contribution in [0.15, 0.2) is 4.99 Å². The predicted octanol–water partition coefficient (Wildman–Crippen LogP) is 0.0215. The molecule has 0 aromatic rings. The van der Waals surface area contributed by atoms with E-state index in [1.54, 1.807) is 18.8 Å². The molecule has 2 heterocycles. The number of amides is 1. The molecule has 2 rings (SSSR count). The van der Waals surface area contributed by atoms with Crippen LogP contribution in [-0.4, -0.2) is 65.9 Å². The molecule has 1 amide bonds. The van der Waals surface area contributed by atoms with Gasteiger partial charge >= 0.3 is 0 Å². The van der Waals surface area contributed by atoms with E-state index in [9.17, 15) is 9.90 Å². The van der Waals surface area contributed by atoms with Crippen LogP contribution in [-0.2, 0) is 9.53 Å². The molecule has 0 aliphatic carbocycles. The van der Waals surface area contributed by atoms with Gasteiger partial charge in [-0.25, -0.2) is 0 Å². The average molecular weight is 287 g/mol. The summed E-state index contributed by atoms with van der Waals surface area (Å²) in [5.41, 5.74) is -0.129. The molecule has 0 radical (unpaired) electrons. The predicted molar refractivity (Wildman–Crippen MR) is 75.1 cm³/mol. The van der Waals surface area contributed by atoms with Crippen LogP contribution in [0.25, 0.3) is 0 Å². The van der Waals surface area contributed by atoms with Gasteiger partial charge in [0, 0.05) is 34.0 Å². The van der Waals surface area contributed by atoms with Gasteiger partial charge in [-0.15, -0.1) is 0 Å². The number of amidine groups is 1. The lowest BCUT2D eigenvalue weighted by atomic mass is 9.98. The Hall–Kier alpha value is -0.790. The molecule has 2 aliphatic heterocycles. The highest BCUT2D eigenvalue weighted by Gasteiger charge is 2.43. The Labute approximate surface area is 117 Å². The molecule has 108 valence electrons. The number of nitrogens with one attached hydrogen (secondary N) is 1. The standard InChI is InChI=1S/C12H21N3O3S/c1-13-9(17)5-4-7-6-8(16)10-11(18-7)19-12(14-10)15(2)3/h7-8,10-11,16H,4-6H2,1-3H3,(H,13,17). The summed E-state index contributed by atoms with van der Waals surface area (Å²) in [6.45, 7) is 0. The minimum Gasteiger partial charge on any atom is -0.391 e. The number of aliphatic imine (C=N–C) groups is 1. The van der Waals surface area contributed by atoms with E-state index in [0.29, 0.717) is 19.3 Å². The molecule has 0 bridgehead atoms. The molecule has 19 heavy (non-hydrogen) atoms. The first-order valence-corrected chi connectivity index (χ1v) is 7.35. The third-order valence-electron chi connectivity index (χ3n) is 3.34. The molecule has 2 N–H and O–H groups in total. The average Bonchev–Trinajstić information content (AvgIpc) is 2.80. The number of nitrogens with zero attached hydrogens (tertiary/aromatic N) is 2. The first-order valence-electron chi connectivity index (χ1n) is 6.47. The maximum absolute atomic E-state index is 11.2. The fraction of sp³-hybridized carbons (Fsp3) is 0.833. The van der Waals surface area contributed by atoms with Crippen LogP contribution in [0, 0.1) is 0 Å². The van der Waals surface area contributed by atoms with E-state index in [0.717, 1.165) is 5.17 Å². The molecule has 7 heteroatoms. The van der Waals surface area contributed by atoms with Crippen molar-refractivity contribution in [3.8, 4) is 0 Å². The molecule has 1 saturated heterocycles. The molecule has 2 aliphatic rings. The number of hydrogen-bond acceptors (Lipinski definition) is 6. The van der Waals surface area contributed by atoms with Crippen molar-refractivity contribution in [2.45, 2.75) is 42.9 Å². The monoisotopic (exact) mass is 287 g/mol. The van der Waals surface area contributed by atoms with E-state index in [4.69, 9.17) is 4.74 Å². The Kier molecular flexibility index (Phi) is 4.70. The van der Waals surface area contributed by atoms with Gasteiger partial charge in [-0.2, -0.15) is 0 Å². The highest BCUT2D eigenvalue weighted by Crippen LogP contribution is 2.37. The number of carbonyl (C=O) groups excluding carboxylic acids is 1. The second kappa shape index (κ2) is 6.11. The molecule has 4 atom stereocenters. The van der Waals surface area contributed by atoms with Gasteiger partial charge in [-0.05, 0) is 6.42 Å². The zero-order valence-electron chi connectivity index (χ0n) is 11.5. The molecular weight excluding hydrogens is 266 g/mol. The lowest BCUT2D eigenvalue weighted by Crippen LogP contribution is -2.44. The quantitative estimate of drug-likeness (QED) is 0.765. The molecule has 0 aromatic carbocycles. The number of thioether (sulfide) groups is 1. The van der Waals surface area contributed by atoms with Crippen LogP contribution >= 0.6 is 11.8 Å². The van der Waals surface area contributed by atoms with Gasteiger partial charge in [0.1, 0.15) is 11.5 Å². The van der Waals surface area contributed by atoms with E-state index < -0.39 is 6.10 Å². The molecule has 0 saturated carbocycles. The van der Waals surface area contributed by atoms with Crippen molar-refractivity contribution in [1.29, 1.82) is 0 Å². The summed E-state index contributed by atoms with van der Waals surface area (Å²) in [6.07, 6.45) is 1.05. The summed E-state index contributed by atoms with van der Waals surface area (Å²) >= 11 is 1.54. The Morgan fingerprint density at radius 2 is 2.37 bits per heavy atom. The van der Waals surface area contributed by atoms with Crippen LogP contribution in [0.2, 0.25) is 0 Å². The van der Waals surface area contributed by atoms with Gasteiger partial charge in [-0.1, -0.05) is 11.8 Å². The highest BCUT2D eigenvalue weighted by atomic mass is 32.2. The SMILES string of the molecule is CNC(=O)CCC1CC(O)C2N=C(N(C)C)SC2O1. The number of aliphatic hydroxyl groups is 1. The second-order valence-corrected chi connectivity index (χ2v) is 6.12. The lowest BCUT2D eigenvalue weighted by Gasteiger charge is -2.34. The molecule has 4 unspecified atom stereocenters. The number of carbonyl (C=O) groups is 1. The van der Waals surface area contributed by atoms with Crippen LogP contribution in [0.4, 0.5) is 0 Å². The van der Waals surface area contributed by atoms with Gasteiger partial charge in [0.05, 0.1) is 12.2 Å². The third-order valence-corrected chi connectivity index (χ3v) is 4.64. The fourth-order valence-electron chi connectivity index (χ4n) is 2.25. The van der Waals surface area contributed by atoms with Crippen molar-refractivity contribution in [1.82, 2.24) is 10.2 Å². The van der Waals surface area contributed by atoms with Crippen molar-refractivity contribution in [2.75, 3.05) is 21.1 Å².